The van der Waals surface area contributed by atoms with Crippen LogP contribution in [-0.4, -0.2) is 26.1 Å². The Kier molecular flexibility index (Phi) is 4.15. The zero-order chi connectivity index (χ0) is 13.0. The van der Waals surface area contributed by atoms with Crippen molar-refractivity contribution in [3.63, 3.8) is 0 Å². The Morgan fingerprint density at radius 2 is 2.17 bits per heavy atom. The molecule has 0 atom stereocenters. The number of hydrogen-bond acceptors (Lipinski definition) is 4. The Balaban J connectivity index is 1.86. The van der Waals surface area contributed by atoms with E-state index in [9.17, 15) is 0 Å². The molecule has 0 saturated heterocycles. The van der Waals surface area contributed by atoms with Gasteiger partial charge in [-0.2, -0.15) is 0 Å². The second-order valence-electron chi connectivity index (χ2n) is 4.13. The van der Waals surface area contributed by atoms with Crippen LogP contribution >= 0.6 is 11.6 Å². The van der Waals surface area contributed by atoms with Gasteiger partial charge in [-0.25, -0.2) is 15.0 Å². The van der Waals surface area contributed by atoms with Crippen molar-refractivity contribution in [3.05, 3.63) is 35.3 Å². The normalized spacial score (nSPS) is 10.6. The number of imidazole rings is 1. The first-order valence-electron chi connectivity index (χ1n) is 5.87. The molecule has 0 aliphatic rings. The van der Waals surface area contributed by atoms with E-state index in [1.807, 2.05) is 30.9 Å². The van der Waals surface area contributed by atoms with E-state index in [1.165, 1.54) is 0 Å². The Bertz CT molecular complexity index is 509. The quantitative estimate of drug-likeness (QED) is 0.666. The molecule has 0 radical (unpaired) electrons. The van der Waals surface area contributed by atoms with Crippen LogP contribution in [0.25, 0.3) is 0 Å². The monoisotopic (exact) mass is 265 g/mol. The van der Waals surface area contributed by atoms with Gasteiger partial charge in [0.15, 0.2) is 0 Å². The Hall–Kier alpha value is -1.62. The highest BCUT2D eigenvalue weighted by Gasteiger charge is 2.05. The highest BCUT2D eigenvalue weighted by atomic mass is 35.5. The summed E-state index contributed by atoms with van der Waals surface area (Å²) >= 11 is 5.84. The van der Waals surface area contributed by atoms with Gasteiger partial charge in [0, 0.05) is 36.7 Å². The molecule has 2 aromatic rings. The smallest absolute Gasteiger partial charge is 0.224 e. The summed E-state index contributed by atoms with van der Waals surface area (Å²) in [5.74, 6) is 0.818. The lowest BCUT2D eigenvalue weighted by Gasteiger charge is -2.10. The molecule has 18 heavy (non-hydrogen) atoms. The number of rotatable bonds is 5. The van der Waals surface area contributed by atoms with Crippen molar-refractivity contribution in [1.82, 2.24) is 19.5 Å². The first-order chi connectivity index (χ1) is 8.66. The van der Waals surface area contributed by atoms with Crippen LogP contribution in [0.3, 0.4) is 0 Å². The van der Waals surface area contributed by atoms with Gasteiger partial charge in [-0.1, -0.05) is 0 Å². The molecule has 0 aromatic carbocycles. The molecule has 0 saturated carbocycles. The fourth-order valence-electron chi connectivity index (χ4n) is 1.65. The third-order valence-corrected chi connectivity index (χ3v) is 2.98. The third kappa shape index (κ3) is 3.20. The molecule has 96 valence electrons. The van der Waals surface area contributed by atoms with Gasteiger partial charge in [0.2, 0.25) is 5.28 Å². The summed E-state index contributed by atoms with van der Waals surface area (Å²) in [6.07, 6.45) is 6.55. The van der Waals surface area contributed by atoms with E-state index < -0.39 is 0 Å². The maximum absolute atomic E-state index is 5.84. The van der Waals surface area contributed by atoms with Crippen LogP contribution in [0.4, 0.5) is 5.82 Å². The average Bonchev–Trinajstić information content (AvgIpc) is 2.83. The second kappa shape index (κ2) is 5.82. The molecule has 2 rings (SSSR count). The average molecular weight is 266 g/mol. The number of aryl methyl sites for hydroxylation is 2. The predicted molar refractivity (Wildman–Crippen MR) is 71.8 cm³/mol. The van der Waals surface area contributed by atoms with Crippen molar-refractivity contribution in [1.29, 1.82) is 0 Å². The summed E-state index contributed by atoms with van der Waals surface area (Å²) in [4.78, 5) is 12.3. The molecular weight excluding hydrogens is 250 g/mol. The highest BCUT2D eigenvalue weighted by molar-refractivity contribution is 6.28. The van der Waals surface area contributed by atoms with Gasteiger partial charge < -0.3 is 9.88 Å². The first-order valence-corrected chi connectivity index (χ1v) is 6.25. The predicted octanol–water partition coefficient (Wildman–Crippen LogP) is 2.45. The first kappa shape index (κ1) is 12.8. The topological polar surface area (TPSA) is 55.6 Å². The summed E-state index contributed by atoms with van der Waals surface area (Å²) in [5, 5.41) is 3.57. The van der Waals surface area contributed by atoms with E-state index in [4.69, 9.17) is 11.6 Å². The number of nitrogens with zero attached hydrogens (tertiary/aromatic N) is 4. The Morgan fingerprint density at radius 1 is 1.33 bits per heavy atom. The zero-order valence-corrected chi connectivity index (χ0v) is 11.3. The summed E-state index contributed by atoms with van der Waals surface area (Å²) in [5.41, 5.74) is 1.95. The van der Waals surface area contributed by atoms with E-state index >= 15 is 0 Å². The minimum absolute atomic E-state index is 0.287. The van der Waals surface area contributed by atoms with Crippen molar-refractivity contribution in [3.8, 4) is 0 Å². The van der Waals surface area contributed by atoms with Crippen LogP contribution in [0.15, 0.2) is 18.7 Å². The lowest BCUT2D eigenvalue weighted by Crippen LogP contribution is -2.09. The van der Waals surface area contributed by atoms with Crippen molar-refractivity contribution in [2.24, 2.45) is 0 Å². The largest absolute Gasteiger partial charge is 0.370 e. The Morgan fingerprint density at radius 3 is 2.89 bits per heavy atom. The van der Waals surface area contributed by atoms with Crippen LogP contribution in [0.1, 0.15) is 17.7 Å². The van der Waals surface area contributed by atoms with Gasteiger partial charge in [-0.05, 0) is 31.9 Å². The lowest BCUT2D eigenvalue weighted by molar-refractivity contribution is 0.659. The van der Waals surface area contributed by atoms with Crippen molar-refractivity contribution < 1.29 is 0 Å². The summed E-state index contributed by atoms with van der Waals surface area (Å²) in [7, 11) is 0. The van der Waals surface area contributed by atoms with Gasteiger partial charge in [0.25, 0.3) is 0 Å². The summed E-state index contributed by atoms with van der Waals surface area (Å²) in [6.45, 7) is 5.69. The number of halogens is 1. The van der Waals surface area contributed by atoms with E-state index in [1.54, 1.807) is 6.20 Å². The molecule has 2 aromatic heterocycles. The number of nitrogens with one attached hydrogen (secondary N) is 1. The van der Waals surface area contributed by atoms with Crippen LogP contribution < -0.4 is 5.32 Å². The minimum atomic E-state index is 0.287. The lowest BCUT2D eigenvalue weighted by atomic mass is 10.2. The van der Waals surface area contributed by atoms with Crippen LogP contribution in [0.5, 0.6) is 0 Å². The van der Waals surface area contributed by atoms with E-state index in [-0.39, 0.29) is 5.28 Å². The van der Waals surface area contributed by atoms with Gasteiger partial charge in [0.05, 0.1) is 6.33 Å². The SMILES string of the molecule is Cc1nc(Cl)nc(NCCCn2ccnc2)c1C. The molecule has 0 fully saturated rings. The molecule has 5 nitrogen and oxygen atoms in total. The minimum Gasteiger partial charge on any atom is -0.370 e. The van der Waals surface area contributed by atoms with Crippen LogP contribution in [-0.2, 0) is 6.54 Å². The van der Waals surface area contributed by atoms with Crippen molar-refractivity contribution in [2.75, 3.05) is 11.9 Å². The molecule has 0 amide bonds. The van der Waals surface area contributed by atoms with Gasteiger partial charge in [-0.3, -0.25) is 0 Å². The molecule has 2 heterocycles. The fourth-order valence-corrected chi connectivity index (χ4v) is 1.87. The fraction of sp³-hybridized carbons (Fsp3) is 0.417. The van der Waals surface area contributed by atoms with Gasteiger partial charge in [0.1, 0.15) is 5.82 Å². The molecule has 1 N–H and O–H groups in total. The molecule has 0 aliphatic carbocycles. The number of hydrogen-bond donors (Lipinski definition) is 1. The molecule has 0 spiro atoms. The molecule has 0 aliphatic heterocycles. The molecule has 6 heteroatoms. The standard InChI is InChI=1S/C12H16ClN5/c1-9-10(2)16-12(13)17-11(9)15-4-3-6-18-7-5-14-8-18/h5,7-8H,3-4,6H2,1-2H3,(H,15,16,17). The second-order valence-corrected chi connectivity index (χ2v) is 4.47. The van der Waals surface area contributed by atoms with E-state index in [2.05, 4.69) is 20.3 Å². The molecular formula is C12H16ClN5. The van der Waals surface area contributed by atoms with E-state index in [0.717, 1.165) is 36.6 Å². The Labute approximate surface area is 111 Å². The maximum atomic E-state index is 5.84. The van der Waals surface area contributed by atoms with Gasteiger partial charge >= 0.3 is 0 Å². The maximum Gasteiger partial charge on any atom is 0.224 e. The number of aromatic nitrogens is 4. The summed E-state index contributed by atoms with van der Waals surface area (Å²) in [6, 6.07) is 0. The summed E-state index contributed by atoms with van der Waals surface area (Å²) < 4.78 is 2.05. The third-order valence-electron chi connectivity index (χ3n) is 2.81. The van der Waals surface area contributed by atoms with Crippen molar-refractivity contribution >= 4 is 17.4 Å². The molecule has 0 unspecified atom stereocenters. The highest BCUT2D eigenvalue weighted by Crippen LogP contribution is 2.16. The van der Waals surface area contributed by atoms with E-state index in [0.29, 0.717) is 0 Å². The van der Waals surface area contributed by atoms with Crippen LogP contribution in [0.2, 0.25) is 5.28 Å². The zero-order valence-electron chi connectivity index (χ0n) is 10.5. The van der Waals surface area contributed by atoms with Gasteiger partial charge in [-0.15, -0.1) is 0 Å². The number of anilines is 1. The van der Waals surface area contributed by atoms with Crippen molar-refractivity contribution in [2.45, 2.75) is 26.8 Å². The molecule has 0 bridgehead atoms. The van der Waals surface area contributed by atoms with Crippen LogP contribution in [0, 0.1) is 13.8 Å².